The molecule has 3 atom stereocenters. The fourth-order valence-corrected chi connectivity index (χ4v) is 7.30. The van der Waals surface area contributed by atoms with Crippen molar-refractivity contribution in [1.29, 1.82) is 0 Å². The Bertz CT molecular complexity index is 1190. The summed E-state index contributed by atoms with van der Waals surface area (Å²) in [6.07, 6.45) is 7.05. The standard InChI is InChI=1S/C29H43N9O3/c1-2-24-30-22-5-3-4-6-23(22)38(24)28-32-26-25(27(34-28)37-15-17-40-18-16-37)31-29(33-26)41-21-11-13-36(14-12-21)20-9-7-19(35-39)8-10-20/h3-6,19-21,24,27-28,30,32,34H,2,7-18H2,1H3,(H,31,33). The second kappa shape index (κ2) is 11.7. The predicted molar refractivity (Wildman–Crippen MR) is 158 cm³/mol. The number of likely N-dealkylation sites (tertiary alicyclic amines) is 1. The normalized spacial score (nSPS) is 31.1. The molecule has 1 aliphatic carbocycles. The van der Waals surface area contributed by atoms with Gasteiger partial charge in [-0.15, -0.1) is 0 Å². The number of benzene rings is 1. The van der Waals surface area contributed by atoms with Crippen molar-refractivity contribution in [3.8, 4) is 6.01 Å². The van der Waals surface area contributed by atoms with Gasteiger partial charge in [0.15, 0.2) is 6.29 Å². The van der Waals surface area contributed by atoms with Crippen LogP contribution in [0.2, 0.25) is 0 Å². The lowest BCUT2D eigenvalue weighted by molar-refractivity contribution is 0.00347. The third-order valence-electron chi connectivity index (χ3n) is 9.57. The van der Waals surface area contributed by atoms with Gasteiger partial charge in [0, 0.05) is 32.2 Å². The highest BCUT2D eigenvalue weighted by molar-refractivity contribution is 5.77. The van der Waals surface area contributed by atoms with Crippen molar-refractivity contribution in [2.75, 3.05) is 54.9 Å². The maximum atomic E-state index is 10.9. The van der Waals surface area contributed by atoms with Gasteiger partial charge in [0.25, 0.3) is 6.01 Å². The quantitative estimate of drug-likeness (QED) is 0.370. The number of piperidine rings is 1. The summed E-state index contributed by atoms with van der Waals surface area (Å²) < 4.78 is 12.2. The Morgan fingerprint density at radius 2 is 1.78 bits per heavy atom. The number of nitroso groups, excluding NO2 is 1. The first-order chi connectivity index (χ1) is 20.2. The summed E-state index contributed by atoms with van der Waals surface area (Å²) in [4.78, 5) is 26.8. The fourth-order valence-electron chi connectivity index (χ4n) is 7.30. The number of fused-ring (bicyclic) bond motifs is 2. The van der Waals surface area contributed by atoms with E-state index in [4.69, 9.17) is 14.5 Å². The summed E-state index contributed by atoms with van der Waals surface area (Å²) in [5.41, 5.74) is 3.29. The van der Waals surface area contributed by atoms with E-state index in [0.29, 0.717) is 12.1 Å². The third-order valence-corrected chi connectivity index (χ3v) is 9.57. The zero-order valence-corrected chi connectivity index (χ0v) is 23.9. The van der Waals surface area contributed by atoms with Crippen LogP contribution in [0.3, 0.4) is 0 Å². The summed E-state index contributed by atoms with van der Waals surface area (Å²) >= 11 is 0. The molecule has 7 rings (SSSR count). The average Bonchev–Trinajstić information content (AvgIpc) is 3.62. The Hall–Kier alpha value is -2.93. The summed E-state index contributed by atoms with van der Waals surface area (Å²) in [6.45, 7) is 7.39. The van der Waals surface area contributed by atoms with E-state index in [0.717, 1.165) is 102 Å². The number of nitrogens with one attached hydrogen (secondary N) is 4. The molecular formula is C29H43N9O3. The Morgan fingerprint density at radius 3 is 2.54 bits per heavy atom. The van der Waals surface area contributed by atoms with Crippen molar-refractivity contribution in [3.05, 3.63) is 34.9 Å². The third kappa shape index (κ3) is 5.38. The van der Waals surface area contributed by atoms with E-state index in [-0.39, 0.29) is 30.8 Å². The number of aromatic nitrogens is 2. The minimum absolute atomic E-state index is 0.0189. The first-order valence-electron chi connectivity index (χ1n) is 15.5. The molecule has 12 heteroatoms. The van der Waals surface area contributed by atoms with E-state index in [1.54, 1.807) is 0 Å². The highest BCUT2D eigenvalue weighted by Gasteiger charge is 2.41. The molecule has 0 amide bonds. The van der Waals surface area contributed by atoms with E-state index in [1.807, 2.05) is 0 Å². The molecule has 222 valence electrons. The van der Waals surface area contributed by atoms with Crippen molar-refractivity contribution < 1.29 is 9.47 Å². The summed E-state index contributed by atoms with van der Waals surface area (Å²) in [5.74, 6) is 0.914. The Labute approximate surface area is 241 Å². The van der Waals surface area contributed by atoms with Crippen molar-refractivity contribution in [1.82, 2.24) is 25.1 Å². The molecule has 0 bridgehead atoms. The predicted octanol–water partition coefficient (Wildman–Crippen LogP) is 3.63. The molecule has 4 aliphatic heterocycles. The van der Waals surface area contributed by atoms with E-state index < -0.39 is 0 Å². The molecule has 1 aromatic carbocycles. The number of ether oxygens (including phenoxy) is 2. The molecule has 12 nitrogen and oxygen atoms in total. The highest BCUT2D eigenvalue weighted by atomic mass is 16.5. The number of hydrogen-bond donors (Lipinski definition) is 4. The zero-order chi connectivity index (χ0) is 27.8. The summed E-state index contributed by atoms with van der Waals surface area (Å²) in [7, 11) is 0. The van der Waals surface area contributed by atoms with Crippen LogP contribution in [0, 0.1) is 4.91 Å². The molecule has 2 aromatic rings. The first-order valence-corrected chi connectivity index (χ1v) is 15.5. The molecule has 3 unspecified atom stereocenters. The van der Waals surface area contributed by atoms with Gasteiger partial charge in [-0.25, -0.2) is 0 Å². The van der Waals surface area contributed by atoms with Gasteiger partial charge in [-0.05, 0) is 57.1 Å². The minimum atomic E-state index is -0.127. The molecular weight excluding hydrogens is 522 g/mol. The number of imidazole rings is 1. The molecule has 0 radical (unpaired) electrons. The molecule has 2 saturated heterocycles. The van der Waals surface area contributed by atoms with Crippen molar-refractivity contribution in [2.24, 2.45) is 5.18 Å². The van der Waals surface area contributed by atoms with Crippen LogP contribution < -0.4 is 25.6 Å². The largest absolute Gasteiger partial charge is 0.461 e. The molecule has 41 heavy (non-hydrogen) atoms. The van der Waals surface area contributed by atoms with Crippen LogP contribution >= 0.6 is 0 Å². The maximum Gasteiger partial charge on any atom is 0.295 e. The van der Waals surface area contributed by atoms with E-state index in [1.165, 1.54) is 5.69 Å². The number of anilines is 3. The number of nitrogens with zero attached hydrogens (tertiary/aromatic N) is 5. The molecule has 5 aliphatic rings. The highest BCUT2D eigenvalue weighted by Crippen LogP contribution is 2.40. The molecule has 3 fully saturated rings. The van der Waals surface area contributed by atoms with Crippen molar-refractivity contribution in [3.63, 3.8) is 0 Å². The molecule has 4 N–H and O–H groups in total. The molecule has 0 spiro atoms. The molecule has 1 aromatic heterocycles. The maximum absolute atomic E-state index is 10.9. The molecule has 5 heterocycles. The number of aromatic amines is 1. The van der Waals surface area contributed by atoms with Gasteiger partial charge >= 0.3 is 0 Å². The van der Waals surface area contributed by atoms with Crippen LogP contribution in [0.5, 0.6) is 6.01 Å². The van der Waals surface area contributed by atoms with Crippen LogP contribution in [0.15, 0.2) is 29.4 Å². The Balaban J connectivity index is 1.06. The Morgan fingerprint density at radius 1 is 1.00 bits per heavy atom. The summed E-state index contributed by atoms with van der Waals surface area (Å²) in [5, 5.41) is 14.5. The van der Waals surface area contributed by atoms with E-state index in [9.17, 15) is 4.91 Å². The monoisotopic (exact) mass is 565 g/mol. The van der Waals surface area contributed by atoms with Gasteiger partial charge in [-0.3, -0.25) is 15.2 Å². The van der Waals surface area contributed by atoms with Gasteiger partial charge < -0.3 is 29.9 Å². The van der Waals surface area contributed by atoms with Gasteiger partial charge in [0.1, 0.15) is 29.9 Å². The topological polar surface area (TPSA) is 122 Å². The van der Waals surface area contributed by atoms with Crippen LogP contribution in [0.25, 0.3) is 0 Å². The van der Waals surface area contributed by atoms with Crippen LogP contribution in [-0.4, -0.2) is 89.8 Å². The zero-order valence-electron chi connectivity index (χ0n) is 23.9. The number of H-pyrrole nitrogens is 1. The smallest absolute Gasteiger partial charge is 0.295 e. The van der Waals surface area contributed by atoms with Crippen LogP contribution in [-0.2, 0) is 4.74 Å². The number of para-hydroxylation sites is 2. The second-order valence-electron chi connectivity index (χ2n) is 12.0. The number of morpholine rings is 1. The number of hydrogen-bond acceptors (Lipinski definition) is 11. The van der Waals surface area contributed by atoms with Gasteiger partial charge in [0.2, 0.25) is 0 Å². The Kier molecular flexibility index (Phi) is 7.72. The van der Waals surface area contributed by atoms with Crippen LogP contribution in [0.4, 0.5) is 17.2 Å². The SMILES string of the molecule is CCC1Nc2ccccc2N1C1Nc2[nH]c(OC3CCN(C4CCC(N=O)CC4)CC3)nc2C(N2CCOCC2)N1. The molecule has 1 saturated carbocycles. The summed E-state index contributed by atoms with van der Waals surface area (Å²) in [6, 6.07) is 9.68. The lowest BCUT2D eigenvalue weighted by Crippen LogP contribution is -2.61. The fraction of sp³-hybridized carbons (Fsp3) is 0.690. The van der Waals surface area contributed by atoms with Gasteiger partial charge in [0.05, 0.1) is 30.6 Å². The second-order valence-corrected chi connectivity index (χ2v) is 12.0. The van der Waals surface area contributed by atoms with Gasteiger partial charge in [-0.1, -0.05) is 24.2 Å². The van der Waals surface area contributed by atoms with Crippen molar-refractivity contribution >= 4 is 17.2 Å². The van der Waals surface area contributed by atoms with Crippen molar-refractivity contribution in [2.45, 2.75) is 88.7 Å². The van der Waals surface area contributed by atoms with Crippen LogP contribution in [0.1, 0.15) is 63.7 Å². The average molecular weight is 566 g/mol. The number of rotatable bonds is 7. The first kappa shape index (κ1) is 26.9. The van der Waals surface area contributed by atoms with E-state index >= 15 is 0 Å². The van der Waals surface area contributed by atoms with Gasteiger partial charge in [-0.2, -0.15) is 9.89 Å². The lowest BCUT2D eigenvalue weighted by Gasteiger charge is -2.44. The lowest BCUT2D eigenvalue weighted by atomic mass is 9.89. The van der Waals surface area contributed by atoms with E-state index in [2.05, 4.69) is 72.0 Å². The minimum Gasteiger partial charge on any atom is -0.461 e.